The van der Waals surface area contributed by atoms with Crippen LogP contribution in [-0.2, 0) is 14.9 Å². The molecule has 5 N–H and O–H groups in total. The Morgan fingerprint density at radius 2 is 1.79 bits per heavy atom. The van der Waals surface area contributed by atoms with E-state index in [2.05, 4.69) is 11.9 Å². The third-order valence-corrected chi connectivity index (χ3v) is 3.35. The van der Waals surface area contributed by atoms with E-state index >= 15 is 0 Å². The topological polar surface area (TPSA) is 118 Å². The summed E-state index contributed by atoms with van der Waals surface area (Å²) in [7, 11) is -3.85. The molecule has 0 rings (SSSR count). The van der Waals surface area contributed by atoms with E-state index in [-0.39, 0.29) is 23.3 Å². The first-order chi connectivity index (χ1) is 8.03. The lowest BCUT2D eigenvalue weighted by Gasteiger charge is -2.26. The maximum Gasteiger partial charge on any atom is 0.264 e. The van der Waals surface area contributed by atoms with Gasteiger partial charge in [0.2, 0.25) is 5.91 Å². The third kappa shape index (κ3) is 11.9. The zero-order valence-electron chi connectivity index (χ0n) is 12.0. The Bertz CT molecular complexity index is 402. The highest BCUT2D eigenvalue weighted by molar-refractivity contribution is 7.85. The van der Waals surface area contributed by atoms with Gasteiger partial charge >= 0.3 is 0 Å². The predicted molar refractivity (Wildman–Crippen MR) is 76.9 cm³/mol. The summed E-state index contributed by atoms with van der Waals surface area (Å²) in [5, 5.41) is 2.86. The van der Waals surface area contributed by atoms with E-state index in [0.717, 1.165) is 12.8 Å². The van der Waals surface area contributed by atoms with Crippen molar-refractivity contribution in [2.24, 2.45) is 0 Å². The summed E-state index contributed by atoms with van der Waals surface area (Å²) in [5.41, 5.74) is 0.128. The Hall–Kier alpha value is -0.920. The molecule has 0 unspecified atom stereocenters. The normalized spacial score (nSPS) is 11.6. The van der Waals surface area contributed by atoms with E-state index < -0.39 is 10.1 Å². The van der Waals surface area contributed by atoms with Crippen LogP contribution in [0.2, 0.25) is 0 Å². The van der Waals surface area contributed by atoms with Crippen LogP contribution in [0.25, 0.3) is 0 Å². The van der Waals surface area contributed by atoms with E-state index in [9.17, 15) is 13.2 Å². The van der Waals surface area contributed by atoms with Crippen molar-refractivity contribution in [2.75, 3.05) is 5.75 Å². The molecule has 7 heteroatoms. The van der Waals surface area contributed by atoms with Crippen LogP contribution in [0.15, 0.2) is 12.2 Å². The van der Waals surface area contributed by atoms with Gasteiger partial charge in [-0.25, -0.2) is 0 Å². The van der Waals surface area contributed by atoms with Gasteiger partial charge < -0.3 is 11.5 Å². The molecule has 0 aliphatic heterocycles. The Balaban J connectivity index is 0. The van der Waals surface area contributed by atoms with Crippen LogP contribution in [0.3, 0.4) is 0 Å². The van der Waals surface area contributed by atoms with E-state index in [1.165, 1.54) is 0 Å². The first kappa shape index (κ1) is 20.4. The minimum Gasteiger partial charge on any atom is -0.347 e. The molecule has 114 valence electrons. The van der Waals surface area contributed by atoms with Crippen molar-refractivity contribution in [3.8, 4) is 0 Å². The molecule has 19 heavy (non-hydrogen) atoms. The molecule has 6 nitrogen and oxygen atoms in total. The van der Waals surface area contributed by atoms with Gasteiger partial charge in [0, 0.05) is 11.1 Å². The average molecular weight is 294 g/mol. The summed E-state index contributed by atoms with van der Waals surface area (Å²) in [5.74, 6) is -0.371. The first-order valence-corrected chi connectivity index (χ1v) is 7.57. The molecule has 1 amide bonds. The molecule has 0 radical (unpaired) electrons. The molecule has 0 aromatic rings. The number of nitrogens with one attached hydrogen (secondary N) is 1. The van der Waals surface area contributed by atoms with Crippen molar-refractivity contribution in [2.45, 2.75) is 52.0 Å². The van der Waals surface area contributed by atoms with Gasteiger partial charge in [-0.2, -0.15) is 8.42 Å². The van der Waals surface area contributed by atoms with Gasteiger partial charge in [-0.1, -0.05) is 19.4 Å². The highest BCUT2D eigenvalue weighted by Crippen LogP contribution is 2.14. The molecule has 0 bridgehead atoms. The number of hydrogen-bond donors (Lipinski definition) is 3. The summed E-state index contributed by atoms with van der Waals surface area (Å²) >= 11 is 0. The van der Waals surface area contributed by atoms with Crippen molar-refractivity contribution in [3.63, 3.8) is 0 Å². The number of amides is 1. The molecular weight excluding hydrogens is 268 g/mol. The summed E-state index contributed by atoms with van der Waals surface area (Å²) < 4.78 is 29.6. The first-order valence-electron chi connectivity index (χ1n) is 5.97. The molecule has 0 spiro atoms. The zero-order valence-corrected chi connectivity index (χ0v) is 12.8. The third-order valence-electron chi connectivity index (χ3n) is 2.54. The SMILES string of the molecule is C=C(C)C(=O)NC(C)(C)CCCCCS(=O)(=O)O.N. The summed E-state index contributed by atoms with van der Waals surface area (Å²) in [6.45, 7) is 9.05. The Kier molecular flexibility index (Phi) is 8.90. The Labute approximate surface area is 116 Å². The van der Waals surface area contributed by atoms with Crippen LogP contribution in [0.5, 0.6) is 0 Å². The molecule has 0 fully saturated rings. The highest BCUT2D eigenvalue weighted by Gasteiger charge is 2.19. The Morgan fingerprint density at radius 3 is 2.21 bits per heavy atom. The quantitative estimate of drug-likeness (QED) is 0.360. The summed E-state index contributed by atoms with van der Waals surface area (Å²) in [6, 6.07) is 0. The molecule has 0 saturated heterocycles. The largest absolute Gasteiger partial charge is 0.347 e. The van der Waals surface area contributed by atoms with Gasteiger partial charge in [0.1, 0.15) is 0 Å². The van der Waals surface area contributed by atoms with Crippen LogP contribution < -0.4 is 11.5 Å². The fourth-order valence-electron chi connectivity index (χ4n) is 1.50. The molecule has 0 saturated carbocycles. The molecule has 0 aromatic heterocycles. The van der Waals surface area contributed by atoms with Crippen molar-refractivity contribution in [1.82, 2.24) is 11.5 Å². The average Bonchev–Trinajstić information content (AvgIpc) is 2.14. The summed E-state index contributed by atoms with van der Waals surface area (Å²) in [4.78, 5) is 11.5. The predicted octanol–water partition coefficient (Wildman–Crippen LogP) is 2.07. The van der Waals surface area contributed by atoms with Gasteiger partial charge in [-0.15, -0.1) is 0 Å². The number of rotatable bonds is 8. The monoisotopic (exact) mass is 294 g/mol. The number of hydrogen-bond acceptors (Lipinski definition) is 4. The van der Waals surface area contributed by atoms with E-state index in [1.807, 2.05) is 13.8 Å². The lowest BCUT2D eigenvalue weighted by Crippen LogP contribution is -2.43. The fraction of sp³-hybridized carbons (Fsp3) is 0.750. The van der Waals surface area contributed by atoms with Gasteiger partial charge in [-0.3, -0.25) is 9.35 Å². The fourth-order valence-corrected chi connectivity index (χ4v) is 2.07. The minimum absolute atomic E-state index is 0. The lowest BCUT2D eigenvalue weighted by molar-refractivity contribution is -0.119. The second kappa shape index (κ2) is 8.29. The van der Waals surface area contributed by atoms with E-state index in [1.54, 1.807) is 6.92 Å². The maximum absolute atomic E-state index is 11.5. The smallest absolute Gasteiger partial charge is 0.264 e. The number of unbranched alkanes of at least 4 members (excludes halogenated alkanes) is 2. The van der Waals surface area contributed by atoms with Gasteiger partial charge in [-0.05, 0) is 33.6 Å². The van der Waals surface area contributed by atoms with Crippen LogP contribution in [0.4, 0.5) is 0 Å². The Morgan fingerprint density at radius 1 is 1.26 bits per heavy atom. The molecule has 0 aromatic carbocycles. The summed E-state index contributed by atoms with van der Waals surface area (Å²) in [6.07, 6.45) is 2.67. The highest BCUT2D eigenvalue weighted by atomic mass is 32.2. The molecule has 0 aliphatic rings. The van der Waals surface area contributed by atoms with Crippen molar-refractivity contribution >= 4 is 16.0 Å². The van der Waals surface area contributed by atoms with Crippen LogP contribution in [0, 0.1) is 0 Å². The van der Waals surface area contributed by atoms with E-state index in [4.69, 9.17) is 4.55 Å². The number of carbonyl (C=O) groups excluding carboxylic acids is 1. The van der Waals surface area contributed by atoms with Crippen LogP contribution in [-0.4, -0.2) is 30.2 Å². The van der Waals surface area contributed by atoms with Crippen LogP contribution >= 0.6 is 0 Å². The van der Waals surface area contributed by atoms with Crippen LogP contribution in [0.1, 0.15) is 46.5 Å². The molecular formula is C12H26N2O4S. The minimum atomic E-state index is -3.85. The maximum atomic E-state index is 11.5. The van der Waals surface area contributed by atoms with Gasteiger partial charge in [0.05, 0.1) is 5.75 Å². The molecule has 0 heterocycles. The van der Waals surface area contributed by atoms with Gasteiger partial charge in [0.15, 0.2) is 0 Å². The zero-order chi connectivity index (χ0) is 14.4. The lowest BCUT2D eigenvalue weighted by atomic mass is 9.96. The van der Waals surface area contributed by atoms with Crippen molar-refractivity contribution in [3.05, 3.63) is 12.2 Å². The molecule has 0 aliphatic carbocycles. The molecule has 0 atom stereocenters. The van der Waals surface area contributed by atoms with Gasteiger partial charge in [0.25, 0.3) is 10.1 Å². The second-order valence-corrected chi connectivity index (χ2v) is 6.79. The van der Waals surface area contributed by atoms with Crippen molar-refractivity contribution < 1.29 is 17.8 Å². The standard InChI is InChI=1S/C12H23NO4S.H3N/c1-10(2)11(14)13-12(3,4)8-6-5-7-9-18(15,16)17;/h1,5-9H2,2-4H3,(H,13,14)(H,15,16,17);1H3. The van der Waals surface area contributed by atoms with Crippen molar-refractivity contribution in [1.29, 1.82) is 0 Å². The second-order valence-electron chi connectivity index (χ2n) is 5.22. The van der Waals surface area contributed by atoms with E-state index in [0.29, 0.717) is 18.4 Å². The number of carbonyl (C=O) groups is 1.